The van der Waals surface area contributed by atoms with Crippen LogP contribution >= 0.6 is 0 Å². The third-order valence-corrected chi connectivity index (χ3v) is 1.46. The lowest BCUT2D eigenvalue weighted by molar-refractivity contribution is 0.379. The maximum Gasteiger partial charge on any atom is 0.109 e. The molecule has 0 heterocycles. The Hall–Kier alpha value is -0.160. The molecule has 0 aliphatic heterocycles. The zero-order valence-corrected chi connectivity index (χ0v) is 7.72. The molecule has 1 unspecified atom stereocenters. The topological polar surface area (TPSA) is 53.3 Å². The third kappa shape index (κ3) is 7.74. The van der Waals surface area contributed by atoms with Crippen LogP contribution in [0, 0.1) is 0 Å². The predicted octanol–water partition coefficient (Wildman–Crippen LogP) is -1.01. The Labute approximate surface area is 69.1 Å². The highest BCUT2D eigenvalue weighted by atomic mass is 15.2. The van der Waals surface area contributed by atoms with Crippen LogP contribution in [0.2, 0.25) is 0 Å². The molecule has 0 aromatic carbocycles. The molecule has 11 heavy (non-hydrogen) atoms. The monoisotopic (exact) mass is 160 g/mol. The molecule has 4 heteroatoms. The molecule has 4 nitrogen and oxygen atoms in total. The van der Waals surface area contributed by atoms with Crippen LogP contribution < -0.4 is 16.4 Å². The number of rotatable bonds is 6. The standard InChI is InChI=1S/C7H20N4/c1-9-7(8)10-5-4-6-11(2)3/h7,9-10H,4-6,8H2,1-3H3. The van der Waals surface area contributed by atoms with E-state index in [1.807, 2.05) is 7.05 Å². The largest absolute Gasteiger partial charge is 0.309 e. The van der Waals surface area contributed by atoms with E-state index in [9.17, 15) is 0 Å². The van der Waals surface area contributed by atoms with Gasteiger partial charge in [0.25, 0.3) is 0 Å². The van der Waals surface area contributed by atoms with E-state index in [1.54, 1.807) is 0 Å². The van der Waals surface area contributed by atoms with Crippen LogP contribution in [0.1, 0.15) is 6.42 Å². The van der Waals surface area contributed by atoms with Gasteiger partial charge in [-0.15, -0.1) is 0 Å². The SMILES string of the molecule is CNC(N)NCCCN(C)C. The van der Waals surface area contributed by atoms with Crippen molar-refractivity contribution in [3.8, 4) is 0 Å². The zero-order valence-electron chi connectivity index (χ0n) is 7.72. The summed E-state index contributed by atoms with van der Waals surface area (Å²) in [6.45, 7) is 2.06. The smallest absolute Gasteiger partial charge is 0.109 e. The molecular formula is C7H20N4. The highest BCUT2D eigenvalue weighted by molar-refractivity contribution is 4.54. The normalized spacial score (nSPS) is 13.9. The van der Waals surface area contributed by atoms with Gasteiger partial charge in [0.05, 0.1) is 0 Å². The highest BCUT2D eigenvalue weighted by Gasteiger charge is 1.95. The van der Waals surface area contributed by atoms with Crippen LogP contribution in [0.25, 0.3) is 0 Å². The minimum atomic E-state index is -0.0721. The predicted molar refractivity (Wildman–Crippen MR) is 48.2 cm³/mol. The number of hydrogen-bond acceptors (Lipinski definition) is 4. The Morgan fingerprint density at radius 3 is 2.55 bits per heavy atom. The first-order valence-corrected chi connectivity index (χ1v) is 3.97. The van der Waals surface area contributed by atoms with Gasteiger partial charge in [-0.05, 0) is 40.7 Å². The first-order valence-electron chi connectivity index (χ1n) is 3.97. The third-order valence-electron chi connectivity index (χ3n) is 1.46. The summed E-state index contributed by atoms with van der Waals surface area (Å²) in [5.41, 5.74) is 5.55. The van der Waals surface area contributed by atoms with Crippen molar-refractivity contribution in [2.24, 2.45) is 5.73 Å². The fourth-order valence-electron chi connectivity index (χ4n) is 0.755. The summed E-state index contributed by atoms with van der Waals surface area (Å²) in [6.07, 6.45) is 1.06. The second-order valence-electron chi connectivity index (χ2n) is 2.88. The summed E-state index contributed by atoms with van der Waals surface area (Å²) < 4.78 is 0. The molecule has 0 rings (SSSR count). The fraction of sp³-hybridized carbons (Fsp3) is 1.00. The molecule has 0 saturated heterocycles. The molecule has 0 saturated carbocycles. The van der Waals surface area contributed by atoms with Gasteiger partial charge >= 0.3 is 0 Å². The summed E-state index contributed by atoms with van der Waals surface area (Å²) in [5, 5.41) is 6.03. The van der Waals surface area contributed by atoms with E-state index in [1.165, 1.54) is 0 Å². The summed E-state index contributed by atoms with van der Waals surface area (Å²) >= 11 is 0. The molecule has 0 aromatic heterocycles. The van der Waals surface area contributed by atoms with Crippen LogP contribution in [-0.2, 0) is 0 Å². The van der Waals surface area contributed by atoms with Crippen LogP contribution in [-0.4, -0.2) is 45.4 Å². The second kappa shape index (κ2) is 6.54. The average Bonchev–Trinajstić information content (AvgIpc) is 1.97. The van der Waals surface area contributed by atoms with Crippen molar-refractivity contribution < 1.29 is 0 Å². The molecule has 0 aliphatic carbocycles. The Balaban J connectivity index is 3.01. The van der Waals surface area contributed by atoms with E-state index in [4.69, 9.17) is 5.73 Å². The van der Waals surface area contributed by atoms with Gasteiger partial charge in [-0.3, -0.25) is 10.6 Å². The lowest BCUT2D eigenvalue weighted by Crippen LogP contribution is -2.48. The van der Waals surface area contributed by atoms with Gasteiger partial charge < -0.3 is 10.6 Å². The Morgan fingerprint density at radius 2 is 2.09 bits per heavy atom. The molecule has 0 aromatic rings. The van der Waals surface area contributed by atoms with E-state index < -0.39 is 0 Å². The lowest BCUT2D eigenvalue weighted by Gasteiger charge is -2.13. The molecule has 4 N–H and O–H groups in total. The van der Waals surface area contributed by atoms with Gasteiger partial charge in [0.1, 0.15) is 6.29 Å². The number of nitrogens with one attached hydrogen (secondary N) is 2. The number of nitrogens with zero attached hydrogens (tertiary/aromatic N) is 1. The van der Waals surface area contributed by atoms with Crippen molar-refractivity contribution in [3.05, 3.63) is 0 Å². The summed E-state index contributed by atoms with van der Waals surface area (Å²) in [7, 11) is 5.97. The van der Waals surface area contributed by atoms with Crippen molar-refractivity contribution in [1.82, 2.24) is 15.5 Å². The van der Waals surface area contributed by atoms with Gasteiger partial charge in [-0.25, -0.2) is 0 Å². The number of nitrogens with two attached hydrogens (primary N) is 1. The molecule has 0 amide bonds. The summed E-state index contributed by atoms with van der Waals surface area (Å²) in [5.74, 6) is 0. The molecular weight excluding hydrogens is 140 g/mol. The maximum atomic E-state index is 5.55. The molecule has 0 fully saturated rings. The van der Waals surface area contributed by atoms with Gasteiger partial charge in [-0.2, -0.15) is 0 Å². The molecule has 0 spiro atoms. The van der Waals surface area contributed by atoms with Crippen LogP contribution in [0.15, 0.2) is 0 Å². The molecule has 0 bridgehead atoms. The van der Waals surface area contributed by atoms with Gasteiger partial charge in [0.15, 0.2) is 0 Å². The second-order valence-corrected chi connectivity index (χ2v) is 2.88. The van der Waals surface area contributed by atoms with Crippen molar-refractivity contribution in [2.45, 2.75) is 12.7 Å². The van der Waals surface area contributed by atoms with E-state index in [0.29, 0.717) is 0 Å². The first kappa shape index (κ1) is 10.8. The van der Waals surface area contributed by atoms with E-state index in [0.717, 1.165) is 19.5 Å². The fourth-order valence-corrected chi connectivity index (χ4v) is 0.755. The van der Waals surface area contributed by atoms with Crippen molar-refractivity contribution in [2.75, 3.05) is 34.2 Å². The summed E-state index contributed by atoms with van der Waals surface area (Å²) in [6, 6.07) is 0. The first-order chi connectivity index (χ1) is 5.16. The van der Waals surface area contributed by atoms with Crippen LogP contribution in [0.5, 0.6) is 0 Å². The minimum absolute atomic E-state index is 0.0721. The van der Waals surface area contributed by atoms with Crippen LogP contribution in [0.4, 0.5) is 0 Å². The minimum Gasteiger partial charge on any atom is -0.309 e. The zero-order chi connectivity index (χ0) is 8.69. The van der Waals surface area contributed by atoms with Gasteiger partial charge in [-0.1, -0.05) is 0 Å². The molecule has 0 aliphatic rings. The van der Waals surface area contributed by atoms with Crippen molar-refractivity contribution in [3.63, 3.8) is 0 Å². The van der Waals surface area contributed by atoms with Crippen molar-refractivity contribution >= 4 is 0 Å². The van der Waals surface area contributed by atoms with E-state index >= 15 is 0 Å². The summed E-state index contributed by atoms with van der Waals surface area (Å²) in [4.78, 5) is 2.16. The quantitative estimate of drug-likeness (QED) is 0.344. The average molecular weight is 160 g/mol. The van der Waals surface area contributed by atoms with E-state index in [-0.39, 0.29) is 6.29 Å². The number of hydrogen-bond donors (Lipinski definition) is 3. The van der Waals surface area contributed by atoms with E-state index in [2.05, 4.69) is 29.6 Å². The molecule has 68 valence electrons. The maximum absolute atomic E-state index is 5.55. The Bertz CT molecular complexity index is 84.5. The van der Waals surface area contributed by atoms with Crippen molar-refractivity contribution in [1.29, 1.82) is 0 Å². The molecule has 1 atom stereocenters. The lowest BCUT2D eigenvalue weighted by atomic mass is 10.4. The molecule has 0 radical (unpaired) electrons. The Kier molecular flexibility index (Phi) is 6.45. The van der Waals surface area contributed by atoms with Gasteiger partial charge in [0.2, 0.25) is 0 Å². The van der Waals surface area contributed by atoms with Crippen LogP contribution in [0.3, 0.4) is 0 Å². The Morgan fingerprint density at radius 1 is 1.45 bits per heavy atom. The van der Waals surface area contributed by atoms with Gasteiger partial charge in [0, 0.05) is 0 Å². The highest BCUT2D eigenvalue weighted by Crippen LogP contribution is 1.79.